The Morgan fingerprint density at radius 3 is 2.94 bits per heavy atom. The molecular formula is C13H23N5. The van der Waals surface area contributed by atoms with Crippen molar-refractivity contribution in [2.75, 3.05) is 37.3 Å². The molecule has 1 unspecified atom stereocenters. The number of rotatable bonds is 5. The minimum absolute atomic E-state index is 0.503. The van der Waals surface area contributed by atoms with Gasteiger partial charge in [-0.3, -0.25) is 0 Å². The number of hydrogen-bond donors (Lipinski definition) is 2. The number of aryl methyl sites for hydroxylation is 1. The van der Waals surface area contributed by atoms with Gasteiger partial charge in [-0.1, -0.05) is 6.92 Å². The Morgan fingerprint density at radius 1 is 1.44 bits per heavy atom. The van der Waals surface area contributed by atoms with Gasteiger partial charge in [0.15, 0.2) is 0 Å². The lowest BCUT2D eigenvalue weighted by atomic mass is 10.2. The van der Waals surface area contributed by atoms with E-state index < -0.39 is 0 Å². The highest BCUT2D eigenvalue weighted by molar-refractivity contribution is 5.43. The summed E-state index contributed by atoms with van der Waals surface area (Å²) in [5.41, 5.74) is 0.998. The van der Waals surface area contributed by atoms with Gasteiger partial charge in [0.25, 0.3) is 0 Å². The molecule has 2 rings (SSSR count). The molecule has 100 valence electrons. The Balaban J connectivity index is 2.00. The Kier molecular flexibility index (Phi) is 4.36. The average Bonchev–Trinajstić information content (AvgIpc) is 2.71. The molecule has 0 bridgehead atoms. The summed E-state index contributed by atoms with van der Waals surface area (Å²) in [6.45, 7) is 7.29. The van der Waals surface area contributed by atoms with E-state index in [4.69, 9.17) is 0 Å². The van der Waals surface area contributed by atoms with E-state index in [9.17, 15) is 0 Å². The molecule has 0 spiro atoms. The molecule has 1 saturated heterocycles. The van der Waals surface area contributed by atoms with Crippen LogP contribution in [0.4, 0.5) is 11.8 Å². The fourth-order valence-electron chi connectivity index (χ4n) is 2.22. The summed E-state index contributed by atoms with van der Waals surface area (Å²) in [4.78, 5) is 11.2. The molecule has 5 heteroatoms. The van der Waals surface area contributed by atoms with Crippen LogP contribution in [0.25, 0.3) is 0 Å². The molecule has 1 aliphatic heterocycles. The van der Waals surface area contributed by atoms with Gasteiger partial charge < -0.3 is 15.5 Å². The maximum absolute atomic E-state index is 4.51. The van der Waals surface area contributed by atoms with Crippen molar-refractivity contribution in [1.82, 2.24) is 14.9 Å². The predicted octanol–water partition coefficient (Wildman–Crippen LogP) is 1.72. The second kappa shape index (κ2) is 6.00. The summed E-state index contributed by atoms with van der Waals surface area (Å²) in [5.74, 6) is 1.66. The third kappa shape index (κ3) is 3.57. The molecule has 5 nitrogen and oxygen atoms in total. The van der Waals surface area contributed by atoms with E-state index in [1.54, 1.807) is 0 Å². The summed E-state index contributed by atoms with van der Waals surface area (Å²) in [6.07, 6.45) is 2.25. The van der Waals surface area contributed by atoms with Crippen LogP contribution in [0.2, 0.25) is 0 Å². The number of anilines is 2. The first-order valence-electron chi connectivity index (χ1n) is 6.72. The molecule has 0 radical (unpaired) electrons. The van der Waals surface area contributed by atoms with E-state index >= 15 is 0 Å². The van der Waals surface area contributed by atoms with Crippen molar-refractivity contribution >= 4 is 11.8 Å². The lowest BCUT2D eigenvalue weighted by Crippen LogP contribution is -2.24. The third-order valence-corrected chi connectivity index (χ3v) is 3.13. The zero-order chi connectivity index (χ0) is 13.0. The minimum atomic E-state index is 0.503. The quantitative estimate of drug-likeness (QED) is 0.832. The molecule has 1 aliphatic rings. The van der Waals surface area contributed by atoms with Crippen molar-refractivity contribution in [3.63, 3.8) is 0 Å². The van der Waals surface area contributed by atoms with Gasteiger partial charge in [0.05, 0.1) is 0 Å². The fraction of sp³-hybridized carbons (Fsp3) is 0.692. The van der Waals surface area contributed by atoms with E-state index in [0.29, 0.717) is 6.04 Å². The lowest BCUT2D eigenvalue weighted by molar-refractivity contribution is 0.414. The minimum Gasteiger partial charge on any atom is -0.366 e. The molecule has 18 heavy (non-hydrogen) atoms. The highest BCUT2D eigenvalue weighted by atomic mass is 15.2. The molecule has 0 saturated carbocycles. The first-order valence-corrected chi connectivity index (χ1v) is 6.72. The summed E-state index contributed by atoms with van der Waals surface area (Å²) < 4.78 is 0. The van der Waals surface area contributed by atoms with Crippen LogP contribution in [0.15, 0.2) is 6.07 Å². The van der Waals surface area contributed by atoms with Gasteiger partial charge in [-0.25, -0.2) is 4.98 Å². The molecule has 1 fully saturated rings. The standard InChI is InChI=1S/C13H23N5/c1-4-6-14-13-15-10(2)8-12(17-13)16-11-5-7-18(3)9-11/h8,11H,4-7,9H2,1-3H3,(H2,14,15,16,17). The Labute approximate surface area is 109 Å². The Bertz CT molecular complexity index is 393. The normalized spacial score (nSPS) is 20.1. The van der Waals surface area contributed by atoms with Crippen LogP contribution < -0.4 is 10.6 Å². The van der Waals surface area contributed by atoms with Gasteiger partial charge in [-0.15, -0.1) is 0 Å². The van der Waals surface area contributed by atoms with Gasteiger partial charge in [0, 0.05) is 30.9 Å². The van der Waals surface area contributed by atoms with Crippen LogP contribution >= 0.6 is 0 Å². The SMILES string of the molecule is CCCNc1nc(C)cc(NC2CCN(C)C2)n1. The maximum Gasteiger partial charge on any atom is 0.224 e. The summed E-state index contributed by atoms with van der Waals surface area (Å²) in [7, 11) is 2.15. The monoisotopic (exact) mass is 249 g/mol. The van der Waals surface area contributed by atoms with Gasteiger partial charge in [0.2, 0.25) is 5.95 Å². The highest BCUT2D eigenvalue weighted by Gasteiger charge is 2.19. The van der Waals surface area contributed by atoms with Crippen molar-refractivity contribution in [3.8, 4) is 0 Å². The zero-order valence-electron chi connectivity index (χ0n) is 11.5. The van der Waals surface area contributed by atoms with Crippen LogP contribution in [-0.2, 0) is 0 Å². The molecular weight excluding hydrogens is 226 g/mol. The first kappa shape index (κ1) is 13.1. The molecule has 1 atom stereocenters. The average molecular weight is 249 g/mol. The van der Waals surface area contributed by atoms with Gasteiger partial charge in [-0.2, -0.15) is 4.98 Å². The van der Waals surface area contributed by atoms with E-state index in [0.717, 1.165) is 43.5 Å². The molecule has 0 aliphatic carbocycles. The second-order valence-electron chi connectivity index (χ2n) is 5.04. The zero-order valence-corrected chi connectivity index (χ0v) is 11.5. The Hall–Kier alpha value is -1.36. The van der Waals surface area contributed by atoms with Crippen LogP contribution in [-0.4, -0.2) is 47.6 Å². The van der Waals surface area contributed by atoms with Gasteiger partial charge in [-0.05, 0) is 33.4 Å². The topological polar surface area (TPSA) is 53.1 Å². The van der Waals surface area contributed by atoms with Gasteiger partial charge >= 0.3 is 0 Å². The van der Waals surface area contributed by atoms with Crippen molar-refractivity contribution in [2.45, 2.75) is 32.7 Å². The maximum atomic E-state index is 4.51. The molecule has 2 heterocycles. The van der Waals surface area contributed by atoms with Crippen molar-refractivity contribution in [1.29, 1.82) is 0 Å². The highest BCUT2D eigenvalue weighted by Crippen LogP contribution is 2.15. The largest absolute Gasteiger partial charge is 0.366 e. The first-order chi connectivity index (χ1) is 8.67. The number of likely N-dealkylation sites (tertiary alicyclic amines) is 1. The Morgan fingerprint density at radius 2 is 2.28 bits per heavy atom. The lowest BCUT2D eigenvalue weighted by Gasteiger charge is -2.14. The molecule has 1 aromatic heterocycles. The van der Waals surface area contributed by atoms with Crippen molar-refractivity contribution in [3.05, 3.63) is 11.8 Å². The second-order valence-corrected chi connectivity index (χ2v) is 5.04. The number of nitrogens with one attached hydrogen (secondary N) is 2. The molecule has 0 aromatic carbocycles. The van der Waals surface area contributed by atoms with Crippen molar-refractivity contribution in [2.24, 2.45) is 0 Å². The molecule has 2 N–H and O–H groups in total. The van der Waals surface area contributed by atoms with E-state index in [2.05, 4.69) is 39.5 Å². The van der Waals surface area contributed by atoms with E-state index in [-0.39, 0.29) is 0 Å². The van der Waals surface area contributed by atoms with Crippen LogP contribution in [0.5, 0.6) is 0 Å². The van der Waals surface area contributed by atoms with Crippen molar-refractivity contribution < 1.29 is 0 Å². The van der Waals surface area contributed by atoms with E-state index in [1.807, 2.05) is 13.0 Å². The summed E-state index contributed by atoms with van der Waals surface area (Å²) >= 11 is 0. The molecule has 1 aromatic rings. The summed E-state index contributed by atoms with van der Waals surface area (Å²) in [5, 5.41) is 6.73. The third-order valence-electron chi connectivity index (χ3n) is 3.13. The number of likely N-dealkylation sites (N-methyl/N-ethyl adjacent to an activating group) is 1. The summed E-state index contributed by atoms with van der Waals surface area (Å²) in [6, 6.07) is 2.51. The smallest absolute Gasteiger partial charge is 0.224 e. The van der Waals surface area contributed by atoms with Crippen LogP contribution in [0, 0.1) is 6.92 Å². The predicted molar refractivity (Wildman–Crippen MR) is 75.1 cm³/mol. The number of hydrogen-bond acceptors (Lipinski definition) is 5. The molecule has 0 amide bonds. The van der Waals surface area contributed by atoms with E-state index in [1.165, 1.54) is 6.42 Å². The number of nitrogens with zero attached hydrogens (tertiary/aromatic N) is 3. The fourth-order valence-corrected chi connectivity index (χ4v) is 2.22. The van der Waals surface area contributed by atoms with Crippen LogP contribution in [0.1, 0.15) is 25.5 Å². The van der Waals surface area contributed by atoms with Gasteiger partial charge in [0.1, 0.15) is 5.82 Å². The van der Waals surface area contributed by atoms with Crippen LogP contribution in [0.3, 0.4) is 0 Å². The number of aromatic nitrogens is 2.